The lowest BCUT2D eigenvalue weighted by molar-refractivity contribution is 0.0789. The summed E-state index contributed by atoms with van der Waals surface area (Å²) in [6.45, 7) is 5.79. The molecule has 0 bridgehead atoms. The molecule has 3 heteroatoms. The van der Waals surface area contributed by atoms with E-state index in [0.29, 0.717) is 11.3 Å². The second-order valence-corrected chi connectivity index (χ2v) is 4.64. The quantitative estimate of drug-likeness (QED) is 0.785. The van der Waals surface area contributed by atoms with Crippen LogP contribution in [0, 0.1) is 13.8 Å². The normalized spacial score (nSPS) is 15.1. The Morgan fingerprint density at radius 2 is 1.76 bits per heavy atom. The smallest absolute Gasteiger partial charge is 0.257 e. The maximum atomic E-state index is 12.3. The van der Waals surface area contributed by atoms with Crippen LogP contribution in [0.4, 0.5) is 0 Å². The van der Waals surface area contributed by atoms with Crippen LogP contribution < -0.4 is 4.74 Å². The molecule has 1 aromatic carbocycles. The van der Waals surface area contributed by atoms with Crippen molar-refractivity contribution >= 4 is 5.91 Å². The minimum Gasteiger partial charge on any atom is -0.496 e. The second-order valence-electron chi connectivity index (χ2n) is 4.64. The molecular formula is C14H19NO2. The van der Waals surface area contributed by atoms with Gasteiger partial charge in [-0.2, -0.15) is 0 Å². The standard InChI is InChI=1S/C14H19NO2/c1-10-8-12(13(17-3)9-11(10)2)14(16)15-6-4-5-7-15/h8-9H,4-7H2,1-3H3. The van der Waals surface area contributed by atoms with Crippen LogP contribution in [-0.4, -0.2) is 31.0 Å². The Morgan fingerprint density at radius 3 is 2.35 bits per heavy atom. The van der Waals surface area contributed by atoms with Crippen molar-refractivity contribution in [3.05, 3.63) is 28.8 Å². The summed E-state index contributed by atoms with van der Waals surface area (Å²) in [4.78, 5) is 14.2. The average Bonchev–Trinajstić information content (AvgIpc) is 2.84. The van der Waals surface area contributed by atoms with Crippen molar-refractivity contribution in [3.8, 4) is 5.75 Å². The molecular weight excluding hydrogens is 214 g/mol. The van der Waals surface area contributed by atoms with Crippen LogP contribution in [0.25, 0.3) is 0 Å². The molecule has 0 radical (unpaired) electrons. The van der Waals surface area contributed by atoms with E-state index < -0.39 is 0 Å². The average molecular weight is 233 g/mol. The van der Waals surface area contributed by atoms with Gasteiger partial charge in [0.2, 0.25) is 0 Å². The Morgan fingerprint density at radius 1 is 1.18 bits per heavy atom. The first kappa shape index (κ1) is 12.0. The Labute approximate surface area is 102 Å². The van der Waals surface area contributed by atoms with Gasteiger partial charge < -0.3 is 9.64 Å². The van der Waals surface area contributed by atoms with Crippen molar-refractivity contribution in [2.24, 2.45) is 0 Å². The van der Waals surface area contributed by atoms with E-state index in [1.807, 2.05) is 30.9 Å². The zero-order chi connectivity index (χ0) is 12.4. The third kappa shape index (κ3) is 2.28. The number of hydrogen-bond acceptors (Lipinski definition) is 2. The van der Waals surface area contributed by atoms with Gasteiger partial charge in [-0.15, -0.1) is 0 Å². The van der Waals surface area contributed by atoms with Crippen molar-refractivity contribution < 1.29 is 9.53 Å². The van der Waals surface area contributed by atoms with Gasteiger partial charge in [-0.25, -0.2) is 0 Å². The van der Waals surface area contributed by atoms with Gasteiger partial charge in [0.05, 0.1) is 12.7 Å². The number of rotatable bonds is 2. The number of carbonyl (C=O) groups excluding carboxylic acids is 1. The predicted molar refractivity (Wildman–Crippen MR) is 67.6 cm³/mol. The van der Waals surface area contributed by atoms with Crippen LogP contribution in [0.5, 0.6) is 5.75 Å². The molecule has 92 valence electrons. The lowest BCUT2D eigenvalue weighted by Gasteiger charge is -2.18. The second kappa shape index (κ2) is 4.78. The van der Waals surface area contributed by atoms with Gasteiger partial charge in [0.15, 0.2) is 0 Å². The molecule has 0 aliphatic carbocycles. The van der Waals surface area contributed by atoms with Crippen molar-refractivity contribution in [1.82, 2.24) is 4.90 Å². The van der Waals surface area contributed by atoms with E-state index in [2.05, 4.69) is 0 Å². The highest BCUT2D eigenvalue weighted by molar-refractivity contribution is 5.97. The zero-order valence-corrected chi connectivity index (χ0v) is 10.7. The monoisotopic (exact) mass is 233 g/mol. The molecule has 1 saturated heterocycles. The van der Waals surface area contributed by atoms with Gasteiger partial charge in [-0.3, -0.25) is 4.79 Å². The SMILES string of the molecule is COc1cc(C)c(C)cc1C(=O)N1CCCC1. The first-order valence-corrected chi connectivity index (χ1v) is 6.08. The molecule has 1 aliphatic rings. The fraction of sp³-hybridized carbons (Fsp3) is 0.500. The lowest BCUT2D eigenvalue weighted by atomic mass is 10.0. The van der Waals surface area contributed by atoms with E-state index in [1.165, 1.54) is 0 Å². The number of methoxy groups -OCH3 is 1. The summed E-state index contributed by atoms with van der Waals surface area (Å²) in [6.07, 6.45) is 2.22. The summed E-state index contributed by atoms with van der Waals surface area (Å²) in [6, 6.07) is 3.88. The van der Waals surface area contributed by atoms with E-state index in [1.54, 1.807) is 7.11 Å². The van der Waals surface area contributed by atoms with Gasteiger partial charge in [0.1, 0.15) is 5.75 Å². The van der Waals surface area contributed by atoms with E-state index in [-0.39, 0.29) is 5.91 Å². The van der Waals surface area contributed by atoms with Crippen molar-refractivity contribution in [3.63, 3.8) is 0 Å². The van der Waals surface area contributed by atoms with Crippen molar-refractivity contribution in [1.29, 1.82) is 0 Å². The maximum Gasteiger partial charge on any atom is 0.257 e. The number of aryl methyl sites for hydroxylation is 2. The topological polar surface area (TPSA) is 29.5 Å². The van der Waals surface area contributed by atoms with E-state index in [0.717, 1.165) is 37.1 Å². The summed E-state index contributed by atoms with van der Waals surface area (Å²) in [5.41, 5.74) is 2.98. The molecule has 0 aromatic heterocycles. The van der Waals surface area contributed by atoms with Gasteiger partial charge in [-0.05, 0) is 49.9 Å². The molecule has 0 saturated carbocycles. The number of carbonyl (C=O) groups is 1. The molecule has 0 atom stereocenters. The molecule has 17 heavy (non-hydrogen) atoms. The molecule has 3 nitrogen and oxygen atoms in total. The number of likely N-dealkylation sites (tertiary alicyclic amines) is 1. The molecule has 1 fully saturated rings. The van der Waals surface area contributed by atoms with Crippen LogP contribution in [0.3, 0.4) is 0 Å². The Hall–Kier alpha value is -1.51. The van der Waals surface area contributed by atoms with Crippen LogP contribution in [0.2, 0.25) is 0 Å². The summed E-state index contributed by atoms with van der Waals surface area (Å²) in [5, 5.41) is 0. The highest BCUT2D eigenvalue weighted by atomic mass is 16.5. The molecule has 0 spiro atoms. The third-order valence-electron chi connectivity index (χ3n) is 3.44. The molecule has 1 heterocycles. The molecule has 0 N–H and O–H groups in total. The first-order chi connectivity index (χ1) is 8.13. The predicted octanol–water partition coefficient (Wildman–Crippen LogP) is 2.55. The van der Waals surface area contributed by atoms with Gasteiger partial charge in [-0.1, -0.05) is 0 Å². The summed E-state index contributed by atoms with van der Waals surface area (Å²) < 4.78 is 5.31. The molecule has 1 aromatic rings. The molecule has 2 rings (SSSR count). The number of amides is 1. The third-order valence-corrected chi connectivity index (χ3v) is 3.44. The number of nitrogens with zero attached hydrogens (tertiary/aromatic N) is 1. The fourth-order valence-corrected chi connectivity index (χ4v) is 2.22. The fourth-order valence-electron chi connectivity index (χ4n) is 2.22. The summed E-state index contributed by atoms with van der Waals surface area (Å²) in [7, 11) is 1.62. The number of hydrogen-bond donors (Lipinski definition) is 0. The number of ether oxygens (including phenoxy) is 1. The van der Waals surface area contributed by atoms with E-state index in [4.69, 9.17) is 4.74 Å². The molecule has 0 unspecified atom stereocenters. The van der Waals surface area contributed by atoms with Crippen LogP contribution in [0.1, 0.15) is 34.3 Å². The van der Waals surface area contributed by atoms with Gasteiger partial charge in [0, 0.05) is 13.1 Å². The van der Waals surface area contributed by atoms with Crippen LogP contribution >= 0.6 is 0 Å². The Bertz CT molecular complexity index is 434. The largest absolute Gasteiger partial charge is 0.496 e. The van der Waals surface area contributed by atoms with Crippen molar-refractivity contribution in [2.45, 2.75) is 26.7 Å². The van der Waals surface area contributed by atoms with Crippen LogP contribution in [-0.2, 0) is 0 Å². The number of benzene rings is 1. The molecule has 1 amide bonds. The van der Waals surface area contributed by atoms with E-state index in [9.17, 15) is 4.79 Å². The lowest BCUT2D eigenvalue weighted by Crippen LogP contribution is -2.28. The zero-order valence-electron chi connectivity index (χ0n) is 10.7. The molecule has 1 aliphatic heterocycles. The minimum absolute atomic E-state index is 0.0995. The summed E-state index contributed by atoms with van der Waals surface area (Å²) in [5.74, 6) is 0.785. The minimum atomic E-state index is 0.0995. The Balaban J connectivity index is 2.36. The summed E-state index contributed by atoms with van der Waals surface area (Å²) >= 11 is 0. The van der Waals surface area contributed by atoms with Gasteiger partial charge in [0.25, 0.3) is 5.91 Å². The van der Waals surface area contributed by atoms with Crippen molar-refractivity contribution in [2.75, 3.05) is 20.2 Å². The highest BCUT2D eigenvalue weighted by Gasteiger charge is 2.22. The van der Waals surface area contributed by atoms with Crippen LogP contribution in [0.15, 0.2) is 12.1 Å². The van der Waals surface area contributed by atoms with E-state index >= 15 is 0 Å². The Kier molecular flexibility index (Phi) is 3.36. The first-order valence-electron chi connectivity index (χ1n) is 6.08. The van der Waals surface area contributed by atoms with Gasteiger partial charge >= 0.3 is 0 Å². The highest BCUT2D eigenvalue weighted by Crippen LogP contribution is 2.25. The maximum absolute atomic E-state index is 12.3.